The van der Waals surface area contributed by atoms with E-state index >= 15 is 0 Å². The number of halogens is 3. The summed E-state index contributed by atoms with van der Waals surface area (Å²) in [4.78, 5) is 11.6. The number of carbonyl (C=O) groups excluding carboxylic acids is 1. The number of benzene rings is 2. The maximum Gasteiger partial charge on any atom is 0.267 e. The Kier molecular flexibility index (Phi) is 5.40. The molecule has 0 saturated heterocycles. The summed E-state index contributed by atoms with van der Waals surface area (Å²) in [5, 5.41) is 0.405. The lowest BCUT2D eigenvalue weighted by molar-refractivity contribution is 0.0977. The molecule has 0 aliphatic heterocycles. The molecule has 0 atom stereocenters. The van der Waals surface area contributed by atoms with Crippen LogP contribution in [0.5, 0.6) is 5.75 Å². The number of carbonyl (C=O) groups is 1. The zero-order valence-electron chi connectivity index (χ0n) is 12.3. The van der Waals surface area contributed by atoms with Crippen LogP contribution in [0.15, 0.2) is 36.4 Å². The Morgan fingerprint density at radius 2 is 1.88 bits per heavy atom. The van der Waals surface area contributed by atoms with Gasteiger partial charge in [0.2, 0.25) is 10.0 Å². The van der Waals surface area contributed by atoms with Crippen LogP contribution in [-0.4, -0.2) is 20.6 Å². The molecule has 5 nitrogen and oxygen atoms in total. The van der Waals surface area contributed by atoms with Crippen molar-refractivity contribution in [2.45, 2.75) is 6.61 Å². The van der Waals surface area contributed by atoms with Gasteiger partial charge in [-0.15, -0.1) is 0 Å². The molecule has 9 heteroatoms. The molecule has 0 saturated carbocycles. The maximum absolute atomic E-state index is 14.0. The van der Waals surface area contributed by atoms with E-state index in [1.165, 1.54) is 0 Å². The molecule has 0 aliphatic rings. The Morgan fingerprint density at radius 1 is 1.21 bits per heavy atom. The first-order valence-electron chi connectivity index (χ1n) is 6.55. The van der Waals surface area contributed by atoms with Crippen LogP contribution < -0.4 is 9.46 Å². The van der Waals surface area contributed by atoms with Crippen molar-refractivity contribution in [2.75, 3.05) is 6.26 Å². The molecule has 0 radical (unpaired) electrons. The third kappa shape index (κ3) is 4.65. The first-order valence-corrected chi connectivity index (χ1v) is 8.81. The van der Waals surface area contributed by atoms with Gasteiger partial charge in [-0.2, -0.15) is 0 Å². The first-order chi connectivity index (χ1) is 11.2. The molecular weight excluding hydrogens is 364 g/mol. The molecule has 1 amide bonds. The van der Waals surface area contributed by atoms with Crippen molar-refractivity contribution in [3.8, 4) is 5.75 Å². The second-order valence-electron chi connectivity index (χ2n) is 4.85. The van der Waals surface area contributed by atoms with E-state index < -0.39 is 38.9 Å². The Morgan fingerprint density at radius 3 is 2.50 bits per heavy atom. The van der Waals surface area contributed by atoms with Crippen molar-refractivity contribution in [2.24, 2.45) is 0 Å². The number of nitrogens with one attached hydrogen (secondary N) is 1. The maximum atomic E-state index is 14.0. The lowest BCUT2D eigenvalue weighted by atomic mass is 10.2. The number of amides is 1. The molecule has 0 aromatic heterocycles. The average molecular weight is 376 g/mol. The van der Waals surface area contributed by atoms with E-state index in [4.69, 9.17) is 16.3 Å². The molecule has 0 spiro atoms. The highest BCUT2D eigenvalue weighted by Gasteiger charge is 2.19. The predicted octanol–water partition coefficient (Wildman–Crippen LogP) is 2.89. The summed E-state index contributed by atoms with van der Waals surface area (Å²) in [6.07, 6.45) is 0.722. The van der Waals surface area contributed by atoms with Crippen LogP contribution in [0.4, 0.5) is 8.78 Å². The van der Waals surface area contributed by atoms with Crippen molar-refractivity contribution in [3.63, 3.8) is 0 Å². The van der Waals surface area contributed by atoms with Crippen LogP contribution >= 0.6 is 11.6 Å². The standard InChI is InChI=1S/C15H12ClF2NO4S/c1-24(21,22)19-15(20)10-6-13(18)14(7-12(10)17)23-8-9-4-2-3-5-11(9)16/h2-7H,8H2,1H3,(H,19,20). The van der Waals surface area contributed by atoms with Crippen molar-refractivity contribution >= 4 is 27.5 Å². The second-order valence-corrected chi connectivity index (χ2v) is 7.00. The molecule has 128 valence electrons. The molecule has 0 aliphatic carbocycles. The van der Waals surface area contributed by atoms with E-state index in [1.807, 2.05) is 0 Å². The molecule has 1 N–H and O–H groups in total. The third-order valence-corrected chi connectivity index (χ3v) is 3.81. The lowest BCUT2D eigenvalue weighted by Gasteiger charge is -2.10. The van der Waals surface area contributed by atoms with Gasteiger partial charge in [-0.05, 0) is 12.1 Å². The molecule has 0 unspecified atom stereocenters. The van der Waals surface area contributed by atoms with Gasteiger partial charge in [0.25, 0.3) is 5.91 Å². The van der Waals surface area contributed by atoms with Gasteiger partial charge in [0.1, 0.15) is 12.4 Å². The lowest BCUT2D eigenvalue weighted by Crippen LogP contribution is -2.30. The van der Waals surface area contributed by atoms with Gasteiger partial charge in [-0.1, -0.05) is 29.8 Å². The summed E-state index contributed by atoms with van der Waals surface area (Å²) in [7, 11) is -3.90. The molecule has 24 heavy (non-hydrogen) atoms. The van der Waals surface area contributed by atoms with Crippen LogP contribution in [0.3, 0.4) is 0 Å². The first kappa shape index (κ1) is 18.2. The van der Waals surface area contributed by atoms with Gasteiger partial charge >= 0.3 is 0 Å². The zero-order valence-corrected chi connectivity index (χ0v) is 13.9. The normalized spacial score (nSPS) is 11.2. The Balaban J connectivity index is 2.21. The molecule has 2 aromatic carbocycles. The summed E-state index contributed by atoms with van der Waals surface area (Å²) >= 11 is 5.93. The quantitative estimate of drug-likeness (QED) is 0.872. The molecule has 0 heterocycles. The predicted molar refractivity (Wildman–Crippen MR) is 84.5 cm³/mol. The summed E-state index contributed by atoms with van der Waals surface area (Å²) in [6.45, 7) is -0.106. The minimum absolute atomic E-state index is 0.106. The number of hydrogen-bond donors (Lipinski definition) is 1. The summed E-state index contributed by atoms with van der Waals surface area (Å²) < 4.78 is 56.6. The smallest absolute Gasteiger partial charge is 0.267 e. The van der Waals surface area contributed by atoms with Crippen LogP contribution in [0.2, 0.25) is 5.02 Å². The zero-order chi connectivity index (χ0) is 17.9. The Hall–Kier alpha value is -2.19. The fourth-order valence-electron chi connectivity index (χ4n) is 1.81. The van der Waals surface area contributed by atoms with E-state index in [2.05, 4.69) is 0 Å². The van der Waals surface area contributed by atoms with Crippen LogP contribution in [0, 0.1) is 11.6 Å². The average Bonchev–Trinajstić information content (AvgIpc) is 2.47. The van der Waals surface area contributed by atoms with Crippen molar-refractivity contribution in [1.29, 1.82) is 0 Å². The minimum Gasteiger partial charge on any atom is -0.486 e. The third-order valence-electron chi connectivity index (χ3n) is 2.89. The fraction of sp³-hybridized carbons (Fsp3) is 0.133. The number of ether oxygens (including phenoxy) is 1. The van der Waals surface area contributed by atoms with Crippen LogP contribution in [0.25, 0.3) is 0 Å². The van der Waals surface area contributed by atoms with Gasteiger partial charge in [-0.3, -0.25) is 4.79 Å². The van der Waals surface area contributed by atoms with Crippen molar-refractivity contribution in [3.05, 3.63) is 64.2 Å². The number of hydrogen-bond acceptors (Lipinski definition) is 4. The molecule has 0 fully saturated rings. The Labute approximate surface area is 142 Å². The Bertz CT molecular complexity index is 887. The highest BCUT2D eigenvalue weighted by molar-refractivity contribution is 7.89. The highest BCUT2D eigenvalue weighted by atomic mass is 35.5. The van der Waals surface area contributed by atoms with E-state index in [0.717, 1.165) is 6.26 Å². The van der Waals surface area contributed by atoms with Crippen LogP contribution in [0.1, 0.15) is 15.9 Å². The topological polar surface area (TPSA) is 72.5 Å². The fourth-order valence-corrected chi connectivity index (χ4v) is 2.44. The largest absolute Gasteiger partial charge is 0.486 e. The second kappa shape index (κ2) is 7.14. The number of sulfonamides is 1. The molecular formula is C15H12ClF2NO4S. The van der Waals surface area contributed by atoms with Gasteiger partial charge in [-0.25, -0.2) is 21.9 Å². The highest BCUT2D eigenvalue weighted by Crippen LogP contribution is 2.24. The van der Waals surface area contributed by atoms with E-state index in [-0.39, 0.29) is 6.61 Å². The van der Waals surface area contributed by atoms with Gasteiger partial charge in [0, 0.05) is 16.7 Å². The molecule has 0 bridgehead atoms. The minimum atomic E-state index is -3.90. The van der Waals surface area contributed by atoms with E-state index in [1.54, 1.807) is 29.0 Å². The summed E-state index contributed by atoms with van der Waals surface area (Å²) in [5.41, 5.74) is -0.180. The van der Waals surface area contributed by atoms with E-state index in [9.17, 15) is 22.0 Å². The van der Waals surface area contributed by atoms with Crippen molar-refractivity contribution in [1.82, 2.24) is 4.72 Å². The van der Waals surface area contributed by atoms with Gasteiger partial charge in [0.15, 0.2) is 11.6 Å². The monoisotopic (exact) mass is 375 g/mol. The number of rotatable bonds is 5. The van der Waals surface area contributed by atoms with Gasteiger partial charge < -0.3 is 4.74 Å². The molecule has 2 rings (SSSR count). The SMILES string of the molecule is CS(=O)(=O)NC(=O)c1cc(F)c(OCc2ccccc2Cl)cc1F. The van der Waals surface area contributed by atoms with Crippen molar-refractivity contribution < 1.29 is 26.7 Å². The van der Waals surface area contributed by atoms with Crippen LogP contribution in [-0.2, 0) is 16.6 Å². The molecule has 2 aromatic rings. The summed E-state index contributed by atoms with van der Waals surface area (Å²) in [6, 6.07) is 7.93. The summed E-state index contributed by atoms with van der Waals surface area (Å²) in [5.74, 6) is -3.83. The van der Waals surface area contributed by atoms with E-state index in [0.29, 0.717) is 22.7 Å². The van der Waals surface area contributed by atoms with Gasteiger partial charge in [0.05, 0.1) is 11.8 Å².